The van der Waals surface area contributed by atoms with E-state index in [0.717, 1.165) is 5.57 Å². The van der Waals surface area contributed by atoms with Gasteiger partial charge >= 0.3 is 10.4 Å². The monoisotopic (exact) mass is 1230 g/mol. The van der Waals surface area contributed by atoms with Crippen LogP contribution in [0.2, 0.25) is 0 Å². The zero-order valence-corrected chi connectivity index (χ0v) is 49.1. The summed E-state index contributed by atoms with van der Waals surface area (Å²) >= 11 is 0. The van der Waals surface area contributed by atoms with Crippen molar-refractivity contribution in [1.82, 2.24) is 0 Å². The molecule has 5 aliphatic heterocycles. The van der Waals surface area contributed by atoms with E-state index in [2.05, 4.69) is 19.9 Å². The van der Waals surface area contributed by atoms with Gasteiger partial charge in [0.2, 0.25) is 0 Å². The van der Waals surface area contributed by atoms with Crippen molar-refractivity contribution in [1.29, 1.82) is 0 Å². The first-order valence-electron chi connectivity index (χ1n) is 29.4. The van der Waals surface area contributed by atoms with Crippen molar-refractivity contribution in [2.75, 3.05) is 19.8 Å². The summed E-state index contributed by atoms with van der Waals surface area (Å²) in [6, 6.07) is 0. The molecule has 5 saturated heterocycles. The molecular formula is C55H90O28S. The summed E-state index contributed by atoms with van der Waals surface area (Å²) in [6.45, 7) is 10.5. The van der Waals surface area contributed by atoms with Crippen LogP contribution in [0.4, 0.5) is 0 Å². The van der Waals surface area contributed by atoms with Crippen molar-refractivity contribution in [3.63, 3.8) is 0 Å². The fraction of sp³-hybridized carbons (Fsp3) is 0.945. The molecule has 0 aromatic rings. The van der Waals surface area contributed by atoms with Gasteiger partial charge in [-0.1, -0.05) is 39.3 Å². The maximum atomic E-state index is 13.2. The number of allylic oxidation sites excluding steroid dienone is 2. The molecule has 8 fully saturated rings. The Morgan fingerprint density at radius 1 is 0.667 bits per heavy atom. The third-order valence-corrected chi connectivity index (χ3v) is 20.5. The minimum absolute atomic E-state index is 0.00191. The second kappa shape index (κ2) is 25.9. The molecule has 84 heavy (non-hydrogen) atoms. The lowest BCUT2D eigenvalue weighted by atomic mass is 9.47. The average molecular weight is 1230 g/mol. The van der Waals surface area contributed by atoms with Gasteiger partial charge in [0.15, 0.2) is 31.5 Å². The van der Waals surface area contributed by atoms with Crippen LogP contribution >= 0.6 is 0 Å². The Kier molecular flexibility index (Phi) is 20.6. The third-order valence-electron chi connectivity index (χ3n) is 19.9. The van der Waals surface area contributed by atoms with Crippen LogP contribution in [0, 0.1) is 40.4 Å². The lowest BCUT2D eigenvalue weighted by Crippen LogP contribution is -2.66. The van der Waals surface area contributed by atoms with Gasteiger partial charge in [0, 0.05) is 12.8 Å². The van der Waals surface area contributed by atoms with Gasteiger partial charge in [-0.3, -0.25) is 9.35 Å². The summed E-state index contributed by atoms with van der Waals surface area (Å²) in [5.41, 5.74) is -1.36. The molecule has 9 aliphatic rings. The Labute approximate surface area is 487 Å². The standard InChI is InChI=1S/C55H90O28S/c1-21(2)14-24(57)17-55(7,69)34-9-8-27-26-16-31(29-15-25(83-84(70,71)72)10-12-53(29,5)28(26)11-13-54(27,34)6)77-50-44(68)45(38(62)32(18-56)78-50)80-52-47(82-49-43(67)41(65)36(60)23(4)76-49)39(63)33(20-74-52)79-51-46(37(61)30(58)19-73-51)81-48-42(66)40(64)35(59)22(3)75-48/h11,21-23,25-27,29-52,56,58-69H,8-10,12-20H2,1-7H3,(H,70,71,72)/t22?,23?,25-,26?,27?,29?,30?,31-,32?,33?,34-,35?,36?,37?,38?,39?,40?,41?,42?,43?,44?,45?,46?,47?,48?,49?,50?,51?,52?,53+,54-,55-/m0/s1. The second-order valence-corrected chi connectivity index (χ2v) is 27.3. The molecule has 0 spiro atoms. The number of Topliss-reactive ketones (excluding diaryl/α,β-unsaturated/α-hetero) is 1. The maximum absolute atomic E-state index is 13.2. The first kappa shape index (κ1) is 66.8. The molecule has 3 saturated carbocycles. The molecule has 5 heterocycles. The van der Waals surface area contributed by atoms with Crippen molar-refractivity contribution in [3.8, 4) is 0 Å². The van der Waals surface area contributed by atoms with E-state index in [9.17, 15) is 84.1 Å². The van der Waals surface area contributed by atoms with Crippen LogP contribution < -0.4 is 0 Å². The highest BCUT2D eigenvalue weighted by Gasteiger charge is 2.64. The highest BCUT2D eigenvalue weighted by molar-refractivity contribution is 7.80. The molecule has 0 amide bonds. The summed E-state index contributed by atoms with van der Waals surface area (Å²) in [7, 11) is -4.90. The lowest BCUT2D eigenvalue weighted by Gasteiger charge is -2.60. The van der Waals surface area contributed by atoms with Gasteiger partial charge < -0.3 is 114 Å². The van der Waals surface area contributed by atoms with E-state index in [-0.39, 0.29) is 55.1 Å². The first-order valence-corrected chi connectivity index (χ1v) is 30.8. The second-order valence-electron chi connectivity index (χ2n) is 26.2. The molecule has 0 radical (unpaired) electrons. The Hall–Kier alpha value is -1.64. The van der Waals surface area contributed by atoms with Crippen LogP contribution in [0.15, 0.2) is 11.6 Å². The van der Waals surface area contributed by atoms with E-state index in [1.165, 1.54) is 13.8 Å². The van der Waals surface area contributed by atoms with Gasteiger partial charge in [-0.15, -0.1) is 0 Å². The zero-order chi connectivity index (χ0) is 61.4. The van der Waals surface area contributed by atoms with Crippen molar-refractivity contribution in [2.24, 2.45) is 40.4 Å². The minimum Gasteiger partial charge on any atom is -0.394 e. The smallest absolute Gasteiger partial charge is 0.394 e. The number of carbonyl (C=O) groups is 1. The van der Waals surface area contributed by atoms with E-state index in [1.54, 1.807) is 6.92 Å². The number of rotatable bonds is 18. The number of ether oxygens (including phenoxy) is 10. The minimum atomic E-state index is -4.90. The molecule has 28 nitrogen and oxygen atoms in total. The maximum Gasteiger partial charge on any atom is 0.397 e. The molecule has 484 valence electrons. The molecule has 0 aromatic heterocycles. The van der Waals surface area contributed by atoms with Crippen LogP contribution in [0.25, 0.3) is 0 Å². The molecule has 32 atom stereocenters. The van der Waals surface area contributed by atoms with E-state index in [1.807, 2.05) is 13.8 Å². The molecule has 4 aliphatic carbocycles. The number of hydrogen-bond donors (Lipinski definition) is 14. The lowest BCUT2D eigenvalue weighted by molar-refractivity contribution is -0.395. The van der Waals surface area contributed by atoms with Gasteiger partial charge in [-0.25, -0.2) is 4.18 Å². The largest absolute Gasteiger partial charge is 0.397 e. The highest BCUT2D eigenvalue weighted by atomic mass is 32.3. The van der Waals surface area contributed by atoms with Crippen molar-refractivity contribution >= 4 is 16.2 Å². The first-order chi connectivity index (χ1) is 39.3. The molecule has 26 unspecified atom stereocenters. The van der Waals surface area contributed by atoms with E-state index in [0.29, 0.717) is 32.1 Å². The SMILES string of the molecule is CC(C)CC(=O)C[C@](C)(O)[C@H]1CCC2C3C[C@H](OC4OC(CO)C(O)C(OC5OCC(OC6OCC(O)C(O)C6OC6OC(C)C(O)C(O)C6O)C(O)C5OC5OC(C)C(O)C(O)C5O)C4O)C4C[C@@H](OS(=O)(=O)O)CC[C@]4(C)C3=CC[C@@]21C. The Morgan fingerprint density at radius 3 is 1.82 bits per heavy atom. The van der Waals surface area contributed by atoms with Crippen LogP contribution in [0.5, 0.6) is 0 Å². The molecule has 0 bridgehead atoms. The fourth-order valence-electron chi connectivity index (χ4n) is 15.5. The van der Waals surface area contributed by atoms with Gasteiger partial charge in [-0.05, 0) is 106 Å². The third kappa shape index (κ3) is 13.3. The Bertz CT molecular complexity index is 2390. The van der Waals surface area contributed by atoms with Crippen LogP contribution in [-0.4, -0.2) is 264 Å². The predicted molar refractivity (Wildman–Crippen MR) is 281 cm³/mol. The zero-order valence-electron chi connectivity index (χ0n) is 48.3. The predicted octanol–water partition coefficient (Wildman–Crippen LogP) is -3.07. The normalized spacial score (nSPS) is 50.8. The van der Waals surface area contributed by atoms with Crippen molar-refractivity contribution < 1.29 is 136 Å². The molecule has 0 aromatic carbocycles. The van der Waals surface area contributed by atoms with Gasteiger partial charge in [0.25, 0.3) is 0 Å². The summed E-state index contributed by atoms with van der Waals surface area (Å²) in [5, 5.41) is 145. The van der Waals surface area contributed by atoms with Crippen molar-refractivity contribution in [2.45, 2.75) is 265 Å². The molecule has 14 N–H and O–H groups in total. The molecular weight excluding hydrogens is 1140 g/mol. The van der Waals surface area contributed by atoms with Gasteiger partial charge in [0.1, 0.15) is 103 Å². The summed E-state index contributed by atoms with van der Waals surface area (Å²) in [4.78, 5) is 13.2. The van der Waals surface area contributed by atoms with E-state index in [4.69, 9.17) is 51.6 Å². The van der Waals surface area contributed by atoms with Gasteiger partial charge in [-0.2, -0.15) is 8.42 Å². The van der Waals surface area contributed by atoms with E-state index < -0.39 is 206 Å². The fourth-order valence-corrected chi connectivity index (χ4v) is 16.1. The van der Waals surface area contributed by atoms with Crippen molar-refractivity contribution in [3.05, 3.63) is 11.6 Å². The number of carbonyl (C=O) groups excluding carboxylic acids is 1. The van der Waals surface area contributed by atoms with Crippen LogP contribution in [0.3, 0.4) is 0 Å². The Balaban J connectivity index is 0.983. The van der Waals surface area contributed by atoms with Gasteiger partial charge in [0.05, 0.1) is 49.8 Å². The number of hydrogen-bond acceptors (Lipinski definition) is 27. The highest BCUT2D eigenvalue weighted by Crippen LogP contribution is 2.67. The summed E-state index contributed by atoms with van der Waals surface area (Å²) in [6.07, 6.45) is -35.9. The topological polar surface area (TPSA) is 436 Å². The van der Waals surface area contributed by atoms with Crippen LogP contribution in [0.1, 0.15) is 106 Å². The summed E-state index contributed by atoms with van der Waals surface area (Å²) < 4.78 is 99.8. The molecule has 29 heteroatoms. The number of aliphatic hydroxyl groups is 13. The number of aliphatic hydroxyl groups excluding tert-OH is 12. The number of fused-ring (bicyclic) bond motifs is 5. The summed E-state index contributed by atoms with van der Waals surface area (Å²) in [5.74, 6) is -0.943. The average Bonchev–Trinajstić information content (AvgIpc) is 1.37. The molecule has 9 rings (SSSR count). The van der Waals surface area contributed by atoms with E-state index >= 15 is 0 Å². The van der Waals surface area contributed by atoms with Crippen LogP contribution in [-0.2, 0) is 66.7 Å². The quantitative estimate of drug-likeness (QED) is 0.0478. The Morgan fingerprint density at radius 2 is 1.23 bits per heavy atom. The number of ketones is 1.